The molecule has 1 aliphatic carbocycles. The van der Waals surface area contributed by atoms with Gasteiger partial charge in [0.25, 0.3) is 0 Å². The van der Waals surface area contributed by atoms with Crippen LogP contribution in [0.25, 0.3) is 0 Å². The predicted molar refractivity (Wildman–Crippen MR) is 104 cm³/mol. The Morgan fingerprint density at radius 2 is 2.14 bits per heavy atom. The molecule has 2 atom stereocenters. The number of hydrogen-bond acceptors (Lipinski definition) is 5. The molecule has 2 aromatic rings. The Morgan fingerprint density at radius 1 is 1.36 bits per heavy atom. The highest BCUT2D eigenvalue weighted by atomic mass is 16.6. The number of aromatic amines is 1. The van der Waals surface area contributed by atoms with Crippen molar-refractivity contribution in [3.05, 3.63) is 29.7 Å². The minimum atomic E-state index is -0.383. The second kappa shape index (κ2) is 8.04. The number of amides is 2. The van der Waals surface area contributed by atoms with Crippen LogP contribution in [0.1, 0.15) is 57.2 Å². The number of carbonyl (C=O) groups excluding carboxylic acids is 2. The molecule has 1 fully saturated rings. The number of anilines is 1. The lowest BCUT2D eigenvalue weighted by Crippen LogP contribution is -2.42. The monoisotopic (exact) mass is 388 g/mol. The number of nitrogens with zero attached hydrogens (tertiary/aromatic N) is 3. The molecular formula is C19H28N6O3. The van der Waals surface area contributed by atoms with Crippen molar-refractivity contribution in [3.63, 3.8) is 0 Å². The summed E-state index contributed by atoms with van der Waals surface area (Å²) in [5, 5.41) is 16.8. The second-order valence-corrected chi connectivity index (χ2v) is 8.37. The van der Waals surface area contributed by atoms with Gasteiger partial charge in [-0.15, -0.1) is 0 Å². The number of carbonyl (C=O) groups is 2. The van der Waals surface area contributed by atoms with Gasteiger partial charge in [-0.05, 0) is 45.6 Å². The van der Waals surface area contributed by atoms with Crippen molar-refractivity contribution in [3.8, 4) is 0 Å². The summed E-state index contributed by atoms with van der Waals surface area (Å²) in [4.78, 5) is 24.1. The van der Waals surface area contributed by atoms with Gasteiger partial charge < -0.3 is 15.4 Å². The molecule has 1 aliphatic rings. The summed E-state index contributed by atoms with van der Waals surface area (Å²) in [6.07, 6.45) is 5.68. The lowest BCUT2D eigenvalue weighted by molar-refractivity contribution is -0.115. The van der Waals surface area contributed by atoms with Gasteiger partial charge in [0, 0.05) is 36.5 Å². The lowest BCUT2D eigenvalue weighted by atomic mass is 10.0. The lowest BCUT2D eigenvalue weighted by Gasteiger charge is -2.22. The molecule has 3 N–H and O–H groups in total. The number of H-pyrrole nitrogens is 1. The first-order valence-corrected chi connectivity index (χ1v) is 9.49. The van der Waals surface area contributed by atoms with Crippen molar-refractivity contribution >= 4 is 17.8 Å². The van der Waals surface area contributed by atoms with Gasteiger partial charge in [0.05, 0.1) is 12.6 Å². The van der Waals surface area contributed by atoms with Crippen molar-refractivity contribution in [2.24, 2.45) is 7.05 Å². The van der Waals surface area contributed by atoms with E-state index in [2.05, 4.69) is 25.9 Å². The Morgan fingerprint density at radius 3 is 2.82 bits per heavy atom. The highest BCUT2D eigenvalue weighted by Gasteiger charge is 2.30. The van der Waals surface area contributed by atoms with Crippen molar-refractivity contribution in [2.45, 2.75) is 64.0 Å². The molecule has 2 heterocycles. The topological polar surface area (TPSA) is 114 Å². The smallest absolute Gasteiger partial charge is 0.407 e. The van der Waals surface area contributed by atoms with Gasteiger partial charge in [-0.25, -0.2) is 4.79 Å². The van der Waals surface area contributed by atoms with Crippen LogP contribution in [0.15, 0.2) is 18.5 Å². The summed E-state index contributed by atoms with van der Waals surface area (Å²) in [5.74, 6) is 0.583. The molecule has 0 aliphatic heterocycles. The zero-order valence-corrected chi connectivity index (χ0v) is 16.8. The van der Waals surface area contributed by atoms with Gasteiger partial charge >= 0.3 is 6.09 Å². The molecule has 2 aromatic heterocycles. The Bertz CT molecular complexity index is 835. The van der Waals surface area contributed by atoms with Gasteiger partial charge in [0.2, 0.25) is 5.91 Å². The first-order chi connectivity index (χ1) is 13.2. The fourth-order valence-corrected chi connectivity index (χ4v) is 3.36. The highest BCUT2D eigenvalue weighted by molar-refractivity contribution is 5.91. The summed E-state index contributed by atoms with van der Waals surface area (Å²) in [6.45, 7) is 5.75. The van der Waals surface area contributed by atoms with E-state index in [1.165, 1.54) is 0 Å². The van der Waals surface area contributed by atoms with Gasteiger partial charge in [-0.2, -0.15) is 10.2 Å². The van der Waals surface area contributed by atoms with Gasteiger partial charge in [-0.1, -0.05) is 0 Å². The van der Waals surface area contributed by atoms with Gasteiger partial charge in [0.15, 0.2) is 5.82 Å². The maximum atomic E-state index is 12.1. The summed E-state index contributed by atoms with van der Waals surface area (Å²) >= 11 is 0. The summed E-state index contributed by atoms with van der Waals surface area (Å²) in [5.41, 5.74) is 1.47. The molecule has 9 heteroatoms. The molecule has 1 saturated carbocycles. The van der Waals surface area contributed by atoms with E-state index >= 15 is 0 Å². The van der Waals surface area contributed by atoms with Crippen molar-refractivity contribution in [1.82, 2.24) is 25.3 Å². The Labute approximate surface area is 164 Å². The molecule has 0 bridgehead atoms. The maximum absolute atomic E-state index is 12.1. The molecule has 0 saturated heterocycles. The van der Waals surface area contributed by atoms with Gasteiger partial charge in [-0.3, -0.25) is 14.6 Å². The van der Waals surface area contributed by atoms with Crippen LogP contribution in [0.5, 0.6) is 0 Å². The summed E-state index contributed by atoms with van der Waals surface area (Å²) < 4.78 is 7.18. The van der Waals surface area contributed by atoms with E-state index in [9.17, 15) is 9.59 Å². The minimum Gasteiger partial charge on any atom is -0.446 e. The third-order valence-electron chi connectivity index (χ3n) is 4.56. The Balaban J connectivity index is 1.49. The third-order valence-corrected chi connectivity index (χ3v) is 4.56. The van der Waals surface area contributed by atoms with Crippen LogP contribution < -0.4 is 10.6 Å². The number of aryl methyl sites for hydroxylation is 1. The normalized spacial score (nSPS) is 19.4. The molecule has 152 valence electrons. The van der Waals surface area contributed by atoms with Crippen LogP contribution in [0.3, 0.4) is 0 Å². The second-order valence-electron chi connectivity index (χ2n) is 8.37. The number of rotatable bonds is 5. The van der Waals surface area contributed by atoms with E-state index in [1.807, 2.05) is 40.1 Å². The SMILES string of the molecule is Cn1cc(CC(=O)Nc2cc([C@H]3CC[C@@H](OC(=O)NC(C)(C)C)C3)[nH]n2)cn1. The Kier molecular flexibility index (Phi) is 5.71. The van der Waals surface area contributed by atoms with Crippen molar-refractivity contribution in [2.75, 3.05) is 5.32 Å². The number of nitrogens with one attached hydrogen (secondary N) is 3. The van der Waals surface area contributed by atoms with Crippen LogP contribution in [0.4, 0.5) is 10.6 Å². The van der Waals surface area contributed by atoms with Gasteiger partial charge in [0.1, 0.15) is 6.10 Å². The molecule has 0 radical (unpaired) electrons. The van der Waals surface area contributed by atoms with E-state index in [-0.39, 0.29) is 36.0 Å². The molecule has 2 amide bonds. The minimum absolute atomic E-state index is 0.112. The number of hydrogen-bond donors (Lipinski definition) is 3. The fraction of sp³-hybridized carbons (Fsp3) is 0.579. The molecule has 0 unspecified atom stereocenters. The molecule has 0 aromatic carbocycles. The van der Waals surface area contributed by atoms with E-state index in [0.29, 0.717) is 5.82 Å². The zero-order valence-electron chi connectivity index (χ0n) is 16.8. The molecule has 0 spiro atoms. The largest absolute Gasteiger partial charge is 0.446 e. The highest BCUT2D eigenvalue weighted by Crippen LogP contribution is 2.35. The number of ether oxygens (including phenoxy) is 1. The van der Waals surface area contributed by atoms with E-state index in [4.69, 9.17) is 4.74 Å². The van der Waals surface area contributed by atoms with E-state index in [0.717, 1.165) is 30.5 Å². The Hall–Kier alpha value is -2.84. The van der Waals surface area contributed by atoms with Crippen LogP contribution >= 0.6 is 0 Å². The maximum Gasteiger partial charge on any atom is 0.407 e. The quantitative estimate of drug-likeness (QED) is 0.728. The number of aromatic nitrogens is 4. The standard InChI is InChI=1S/C19H28N6O3/c1-19(2,3)22-18(27)28-14-6-5-13(8-14)15-9-16(24-23-15)21-17(26)7-12-10-20-25(4)11-12/h9-11,13-14H,5-8H2,1-4H3,(H,22,27)(H2,21,23,24,26)/t13-,14+/m0/s1. The predicted octanol–water partition coefficient (Wildman–Crippen LogP) is 2.49. The average Bonchev–Trinajstić information content (AvgIpc) is 3.27. The van der Waals surface area contributed by atoms with Crippen LogP contribution in [-0.2, 0) is 23.0 Å². The first kappa shape index (κ1) is 19.9. The van der Waals surface area contributed by atoms with E-state index in [1.54, 1.807) is 10.9 Å². The van der Waals surface area contributed by atoms with Crippen molar-refractivity contribution in [1.29, 1.82) is 0 Å². The molecule has 9 nitrogen and oxygen atoms in total. The van der Waals surface area contributed by atoms with E-state index < -0.39 is 0 Å². The van der Waals surface area contributed by atoms with Crippen LogP contribution in [0, 0.1) is 0 Å². The van der Waals surface area contributed by atoms with Crippen LogP contribution in [-0.4, -0.2) is 43.6 Å². The van der Waals surface area contributed by atoms with Crippen molar-refractivity contribution < 1.29 is 14.3 Å². The first-order valence-electron chi connectivity index (χ1n) is 9.49. The molecular weight excluding hydrogens is 360 g/mol. The number of alkyl carbamates (subject to hydrolysis) is 1. The molecule has 3 rings (SSSR count). The van der Waals surface area contributed by atoms with Crippen LogP contribution in [0.2, 0.25) is 0 Å². The summed E-state index contributed by atoms with van der Waals surface area (Å²) in [6, 6.07) is 1.85. The zero-order chi connectivity index (χ0) is 20.3. The fourth-order valence-electron chi connectivity index (χ4n) is 3.36. The third kappa shape index (κ3) is 5.58. The summed E-state index contributed by atoms with van der Waals surface area (Å²) in [7, 11) is 1.81. The average molecular weight is 388 g/mol. The molecule has 28 heavy (non-hydrogen) atoms.